The van der Waals surface area contributed by atoms with Gasteiger partial charge in [-0.15, -0.1) is 24.0 Å². The van der Waals surface area contributed by atoms with Gasteiger partial charge in [0.25, 0.3) is 0 Å². The molecule has 2 fully saturated rings. The molecule has 2 aliphatic heterocycles. The van der Waals surface area contributed by atoms with Crippen molar-refractivity contribution in [1.29, 1.82) is 0 Å². The first-order valence-corrected chi connectivity index (χ1v) is 10.5. The minimum absolute atomic E-state index is 0. The highest BCUT2D eigenvalue weighted by Crippen LogP contribution is 2.19. The second-order valence-corrected chi connectivity index (χ2v) is 7.60. The van der Waals surface area contributed by atoms with Crippen LogP contribution in [0.5, 0.6) is 0 Å². The molecule has 2 aliphatic rings. The van der Waals surface area contributed by atoms with Crippen LogP contribution in [0, 0.1) is 0 Å². The Balaban J connectivity index is 0.00000280. The van der Waals surface area contributed by atoms with E-state index in [1.807, 2.05) is 0 Å². The number of rotatable bonds is 7. The second kappa shape index (κ2) is 12.5. The van der Waals surface area contributed by atoms with Crippen LogP contribution in [-0.4, -0.2) is 73.9 Å². The van der Waals surface area contributed by atoms with Crippen molar-refractivity contribution in [2.24, 2.45) is 4.99 Å². The van der Waals surface area contributed by atoms with Crippen molar-refractivity contribution < 1.29 is 5.11 Å². The second-order valence-electron chi connectivity index (χ2n) is 7.60. The Kier molecular flexibility index (Phi) is 10.4. The van der Waals surface area contributed by atoms with Gasteiger partial charge in [-0.25, -0.2) is 0 Å². The maximum absolute atomic E-state index is 9.59. The number of anilines is 1. The van der Waals surface area contributed by atoms with Crippen molar-refractivity contribution in [1.82, 2.24) is 15.5 Å². The fourth-order valence-electron chi connectivity index (χ4n) is 3.89. The van der Waals surface area contributed by atoms with E-state index in [9.17, 15) is 5.11 Å². The van der Waals surface area contributed by atoms with Gasteiger partial charge in [0.05, 0.1) is 6.10 Å². The Labute approximate surface area is 186 Å². The third kappa shape index (κ3) is 7.40. The van der Waals surface area contributed by atoms with Crippen LogP contribution < -0.4 is 15.5 Å². The zero-order valence-corrected chi connectivity index (χ0v) is 19.3. The van der Waals surface area contributed by atoms with Gasteiger partial charge >= 0.3 is 0 Å². The molecule has 0 spiro atoms. The number of nitrogens with one attached hydrogen (secondary N) is 2. The van der Waals surface area contributed by atoms with Gasteiger partial charge in [0, 0.05) is 51.0 Å². The lowest BCUT2D eigenvalue weighted by molar-refractivity contribution is 0.0824. The molecule has 3 rings (SSSR count). The summed E-state index contributed by atoms with van der Waals surface area (Å²) in [6.45, 7) is 9.03. The van der Waals surface area contributed by atoms with Gasteiger partial charge in [-0.05, 0) is 51.3 Å². The van der Waals surface area contributed by atoms with Crippen molar-refractivity contribution >= 4 is 35.6 Å². The molecule has 28 heavy (non-hydrogen) atoms. The van der Waals surface area contributed by atoms with Gasteiger partial charge in [-0.1, -0.05) is 18.2 Å². The lowest BCUT2D eigenvalue weighted by atomic mass is 10.1. The van der Waals surface area contributed by atoms with Crippen LogP contribution in [-0.2, 0) is 0 Å². The van der Waals surface area contributed by atoms with Gasteiger partial charge < -0.3 is 25.5 Å². The summed E-state index contributed by atoms with van der Waals surface area (Å²) in [6.07, 6.45) is 3.92. The summed E-state index contributed by atoms with van der Waals surface area (Å²) >= 11 is 0. The fraction of sp³-hybridized carbons (Fsp3) is 0.667. The predicted octanol–water partition coefficient (Wildman–Crippen LogP) is 2.29. The first-order chi connectivity index (χ1) is 13.2. The lowest BCUT2D eigenvalue weighted by Crippen LogP contribution is -2.44. The minimum Gasteiger partial charge on any atom is -0.393 e. The summed E-state index contributed by atoms with van der Waals surface area (Å²) in [4.78, 5) is 9.65. The van der Waals surface area contributed by atoms with Gasteiger partial charge in [0.2, 0.25) is 0 Å². The number of guanidine groups is 1. The molecule has 158 valence electrons. The number of likely N-dealkylation sites (tertiary alicyclic amines) is 1. The summed E-state index contributed by atoms with van der Waals surface area (Å²) in [5.41, 5.74) is 1.30. The molecule has 0 bridgehead atoms. The van der Waals surface area contributed by atoms with Gasteiger partial charge in [-0.3, -0.25) is 4.99 Å². The summed E-state index contributed by atoms with van der Waals surface area (Å²) in [5.74, 6) is 0.937. The standard InChI is InChI=1S/C21H35N5O.HI/c1-2-22-21(23-12-6-13-25-14-10-20(27)11-15-25)24-18-9-16-26(17-18)19-7-4-3-5-8-19;/h3-5,7-8,18,20,27H,2,6,9-17H2,1H3,(H2,22,23,24);1H. The zero-order valence-electron chi connectivity index (χ0n) is 17.0. The number of hydrogen-bond acceptors (Lipinski definition) is 4. The highest BCUT2D eigenvalue weighted by molar-refractivity contribution is 14.0. The third-order valence-corrected chi connectivity index (χ3v) is 5.45. The molecule has 0 radical (unpaired) electrons. The monoisotopic (exact) mass is 501 g/mol. The Morgan fingerprint density at radius 1 is 1.14 bits per heavy atom. The molecule has 1 aromatic carbocycles. The lowest BCUT2D eigenvalue weighted by Gasteiger charge is -2.29. The normalized spacial score (nSPS) is 21.4. The van der Waals surface area contributed by atoms with Crippen molar-refractivity contribution in [3.63, 3.8) is 0 Å². The number of aliphatic imine (C=N–C) groups is 1. The van der Waals surface area contributed by atoms with E-state index in [0.717, 1.165) is 77.5 Å². The van der Waals surface area contributed by atoms with Crippen LogP contribution in [0.15, 0.2) is 35.3 Å². The van der Waals surface area contributed by atoms with E-state index < -0.39 is 0 Å². The Morgan fingerprint density at radius 3 is 2.61 bits per heavy atom. The van der Waals surface area contributed by atoms with Crippen molar-refractivity contribution in [3.05, 3.63) is 30.3 Å². The first kappa shape index (κ1) is 23.2. The van der Waals surface area contributed by atoms with E-state index in [0.29, 0.717) is 6.04 Å². The van der Waals surface area contributed by atoms with Crippen LogP contribution in [0.4, 0.5) is 5.69 Å². The van der Waals surface area contributed by atoms with Gasteiger partial charge in [0.15, 0.2) is 5.96 Å². The van der Waals surface area contributed by atoms with E-state index in [-0.39, 0.29) is 30.1 Å². The maximum atomic E-state index is 9.59. The SMILES string of the molecule is CCNC(=NCCCN1CCC(O)CC1)NC1CCN(c2ccccc2)C1.I. The van der Waals surface area contributed by atoms with E-state index in [2.05, 4.69) is 57.7 Å². The Morgan fingerprint density at radius 2 is 1.89 bits per heavy atom. The number of nitrogens with zero attached hydrogens (tertiary/aromatic N) is 3. The molecule has 2 saturated heterocycles. The van der Waals surface area contributed by atoms with Crippen molar-refractivity contribution in [2.45, 2.75) is 44.8 Å². The number of piperidine rings is 1. The summed E-state index contributed by atoms with van der Waals surface area (Å²) in [7, 11) is 0. The van der Waals surface area contributed by atoms with Crippen LogP contribution in [0.2, 0.25) is 0 Å². The summed E-state index contributed by atoms with van der Waals surface area (Å²) in [6, 6.07) is 11.1. The number of hydrogen-bond donors (Lipinski definition) is 3. The Bertz CT molecular complexity index is 577. The maximum Gasteiger partial charge on any atom is 0.191 e. The molecule has 6 nitrogen and oxygen atoms in total. The van der Waals surface area contributed by atoms with E-state index in [1.54, 1.807) is 0 Å². The highest BCUT2D eigenvalue weighted by Gasteiger charge is 2.23. The molecule has 1 aromatic rings. The number of aliphatic hydroxyl groups excluding tert-OH is 1. The number of aliphatic hydroxyl groups is 1. The largest absolute Gasteiger partial charge is 0.393 e. The zero-order chi connectivity index (χ0) is 18.9. The van der Waals surface area contributed by atoms with Crippen molar-refractivity contribution in [2.75, 3.05) is 50.7 Å². The molecule has 0 aliphatic carbocycles. The minimum atomic E-state index is -0.0920. The molecule has 3 N–H and O–H groups in total. The summed E-state index contributed by atoms with van der Waals surface area (Å²) < 4.78 is 0. The van der Waals surface area contributed by atoms with Crippen LogP contribution in [0.3, 0.4) is 0 Å². The topological polar surface area (TPSA) is 63.1 Å². The number of para-hydroxylation sites is 1. The molecular formula is C21H36IN5O. The fourth-order valence-corrected chi connectivity index (χ4v) is 3.89. The molecule has 0 amide bonds. The molecule has 2 heterocycles. The predicted molar refractivity (Wildman–Crippen MR) is 128 cm³/mol. The van der Waals surface area contributed by atoms with Crippen LogP contribution in [0.1, 0.15) is 32.6 Å². The Hall–Kier alpha value is -1.06. The van der Waals surface area contributed by atoms with Crippen LogP contribution in [0.25, 0.3) is 0 Å². The molecule has 1 atom stereocenters. The van der Waals surface area contributed by atoms with Gasteiger partial charge in [0.1, 0.15) is 0 Å². The summed E-state index contributed by atoms with van der Waals surface area (Å²) in [5, 5.41) is 16.6. The van der Waals surface area contributed by atoms with Gasteiger partial charge in [-0.2, -0.15) is 0 Å². The molecule has 1 unspecified atom stereocenters. The highest BCUT2D eigenvalue weighted by atomic mass is 127. The average Bonchev–Trinajstić information content (AvgIpc) is 3.16. The third-order valence-electron chi connectivity index (χ3n) is 5.45. The van der Waals surface area contributed by atoms with E-state index >= 15 is 0 Å². The molecule has 0 saturated carbocycles. The molecular weight excluding hydrogens is 465 g/mol. The molecule has 7 heteroatoms. The van der Waals surface area contributed by atoms with Crippen LogP contribution >= 0.6 is 24.0 Å². The van der Waals surface area contributed by atoms with E-state index in [1.165, 1.54) is 5.69 Å². The smallest absolute Gasteiger partial charge is 0.191 e. The molecule has 0 aromatic heterocycles. The van der Waals surface area contributed by atoms with Crippen molar-refractivity contribution in [3.8, 4) is 0 Å². The number of halogens is 1. The number of benzene rings is 1. The first-order valence-electron chi connectivity index (χ1n) is 10.5. The van der Waals surface area contributed by atoms with E-state index in [4.69, 9.17) is 4.99 Å². The average molecular weight is 501 g/mol. The quantitative estimate of drug-likeness (QED) is 0.232.